The van der Waals surface area contributed by atoms with Gasteiger partial charge in [0.05, 0.1) is 29.6 Å². The van der Waals surface area contributed by atoms with Crippen molar-refractivity contribution in [3.05, 3.63) is 57.6 Å². The largest absolute Gasteiger partial charge is 0.493 e. The van der Waals surface area contributed by atoms with Gasteiger partial charge in [-0.3, -0.25) is 14.9 Å². The van der Waals surface area contributed by atoms with Crippen LogP contribution in [0.4, 0.5) is 5.69 Å². The summed E-state index contributed by atoms with van der Waals surface area (Å²) in [5.74, 6) is -0.179. The Morgan fingerprint density at radius 1 is 1.09 bits per heavy atom. The van der Waals surface area contributed by atoms with Gasteiger partial charge >= 0.3 is 0 Å². The lowest BCUT2D eigenvalue weighted by molar-refractivity contribution is -0.385. The maximum Gasteiger partial charge on any atom is 0.286 e. The molecule has 172 valence electrons. The topological polar surface area (TPSA) is 119 Å². The second-order valence-electron chi connectivity index (χ2n) is 7.22. The zero-order chi connectivity index (χ0) is 23.5. The van der Waals surface area contributed by atoms with E-state index in [1.807, 2.05) is 6.92 Å². The van der Waals surface area contributed by atoms with Crippen LogP contribution in [0, 0.1) is 17.0 Å². The van der Waals surface area contributed by atoms with Crippen LogP contribution in [0.25, 0.3) is 0 Å². The summed E-state index contributed by atoms with van der Waals surface area (Å²) in [5, 5.41) is 11.6. The van der Waals surface area contributed by atoms with Crippen LogP contribution in [0.5, 0.6) is 11.5 Å². The van der Waals surface area contributed by atoms with Crippen molar-refractivity contribution >= 4 is 21.6 Å². The quantitative estimate of drug-likeness (QED) is 0.457. The van der Waals surface area contributed by atoms with Gasteiger partial charge in [-0.2, -0.15) is 4.31 Å². The van der Waals surface area contributed by atoms with Gasteiger partial charge in [0.2, 0.25) is 10.0 Å². The molecular formula is C21H25N3O7S. The number of piperazine rings is 1. The number of benzene rings is 2. The van der Waals surface area contributed by atoms with Crippen LogP contribution in [0.3, 0.4) is 0 Å². The van der Waals surface area contributed by atoms with Crippen LogP contribution in [0.15, 0.2) is 41.3 Å². The SMILES string of the molecule is CCOc1cc(C(=O)N2CCN(S(=O)(=O)c3ccc(C)cc3)CC2)c([N+](=O)[O-])cc1OC. The van der Waals surface area contributed by atoms with Gasteiger partial charge in [0.15, 0.2) is 11.5 Å². The highest BCUT2D eigenvalue weighted by Gasteiger charge is 2.33. The number of nitrogens with zero attached hydrogens (tertiary/aromatic N) is 3. The molecule has 1 aliphatic rings. The molecule has 0 N–H and O–H groups in total. The predicted molar refractivity (Wildman–Crippen MR) is 117 cm³/mol. The number of nitro groups is 1. The third-order valence-corrected chi connectivity index (χ3v) is 7.11. The van der Waals surface area contributed by atoms with E-state index in [-0.39, 0.29) is 54.7 Å². The number of aryl methyl sites for hydroxylation is 1. The van der Waals surface area contributed by atoms with Crippen LogP contribution >= 0.6 is 0 Å². The number of methoxy groups -OCH3 is 1. The third kappa shape index (κ3) is 4.68. The van der Waals surface area contributed by atoms with Crippen molar-refractivity contribution < 1.29 is 27.6 Å². The van der Waals surface area contributed by atoms with Crippen molar-refractivity contribution in [2.24, 2.45) is 0 Å². The second kappa shape index (κ2) is 9.53. The Hall–Kier alpha value is -3.18. The molecule has 0 bridgehead atoms. The summed E-state index contributed by atoms with van der Waals surface area (Å²) in [7, 11) is -2.33. The first-order valence-electron chi connectivity index (χ1n) is 10.0. The van der Waals surface area contributed by atoms with Crippen molar-refractivity contribution in [3.63, 3.8) is 0 Å². The first kappa shape index (κ1) is 23.5. The van der Waals surface area contributed by atoms with Gasteiger partial charge < -0.3 is 14.4 Å². The number of hydrogen-bond donors (Lipinski definition) is 0. The van der Waals surface area contributed by atoms with Crippen molar-refractivity contribution in [2.45, 2.75) is 18.7 Å². The average Bonchev–Trinajstić information content (AvgIpc) is 2.78. The molecular weight excluding hydrogens is 438 g/mol. The molecule has 0 radical (unpaired) electrons. The molecule has 0 spiro atoms. The highest BCUT2D eigenvalue weighted by molar-refractivity contribution is 7.89. The highest BCUT2D eigenvalue weighted by Crippen LogP contribution is 2.35. The number of nitro benzene ring substituents is 1. The second-order valence-corrected chi connectivity index (χ2v) is 9.16. The summed E-state index contributed by atoms with van der Waals surface area (Å²) >= 11 is 0. The van der Waals surface area contributed by atoms with Crippen LogP contribution in [0.2, 0.25) is 0 Å². The Morgan fingerprint density at radius 2 is 1.72 bits per heavy atom. The number of sulfonamides is 1. The minimum absolute atomic E-state index is 0.0875. The Balaban J connectivity index is 1.81. The van der Waals surface area contributed by atoms with Gasteiger partial charge in [-0.05, 0) is 26.0 Å². The Morgan fingerprint density at radius 3 is 2.25 bits per heavy atom. The van der Waals surface area contributed by atoms with Crippen molar-refractivity contribution in [1.82, 2.24) is 9.21 Å². The average molecular weight is 464 g/mol. The third-order valence-electron chi connectivity index (χ3n) is 5.19. The van der Waals surface area contributed by atoms with E-state index in [1.165, 1.54) is 22.4 Å². The monoisotopic (exact) mass is 463 g/mol. The minimum atomic E-state index is -3.69. The van der Waals surface area contributed by atoms with Gasteiger partial charge in [-0.15, -0.1) is 0 Å². The van der Waals surface area contributed by atoms with Gasteiger partial charge in [0, 0.05) is 32.2 Å². The molecule has 2 aromatic rings. The maximum atomic E-state index is 13.1. The molecule has 1 saturated heterocycles. The van der Waals surface area contributed by atoms with E-state index in [9.17, 15) is 23.3 Å². The van der Waals surface area contributed by atoms with Crippen molar-refractivity contribution in [1.29, 1.82) is 0 Å². The molecule has 32 heavy (non-hydrogen) atoms. The summed E-state index contributed by atoms with van der Waals surface area (Å²) in [6, 6.07) is 9.03. The summed E-state index contributed by atoms with van der Waals surface area (Å²) < 4.78 is 37.7. The number of ether oxygens (including phenoxy) is 2. The van der Waals surface area contributed by atoms with Gasteiger partial charge in [-0.1, -0.05) is 17.7 Å². The number of carbonyl (C=O) groups is 1. The normalized spacial score (nSPS) is 14.8. The summed E-state index contributed by atoms with van der Waals surface area (Å²) in [4.78, 5) is 25.6. The molecule has 11 heteroatoms. The van der Waals surface area contributed by atoms with E-state index in [1.54, 1.807) is 31.2 Å². The van der Waals surface area contributed by atoms with Crippen LogP contribution < -0.4 is 9.47 Å². The molecule has 0 aliphatic carbocycles. The zero-order valence-corrected chi connectivity index (χ0v) is 18.9. The molecule has 1 heterocycles. The standard InChI is InChI=1S/C21H25N3O7S/c1-4-31-20-13-17(18(24(26)27)14-19(20)30-3)21(25)22-9-11-23(12-10-22)32(28,29)16-7-5-15(2)6-8-16/h5-8,13-14H,4,9-12H2,1-3H3. The van der Waals surface area contributed by atoms with Crippen LogP contribution in [-0.2, 0) is 10.0 Å². The highest BCUT2D eigenvalue weighted by atomic mass is 32.2. The van der Waals surface area contributed by atoms with Crippen molar-refractivity contribution in [3.8, 4) is 11.5 Å². The predicted octanol–water partition coefficient (Wildman–Crippen LogP) is 2.46. The molecule has 0 atom stereocenters. The van der Waals surface area contributed by atoms with E-state index >= 15 is 0 Å². The van der Waals surface area contributed by atoms with E-state index in [2.05, 4.69) is 0 Å². The van der Waals surface area contributed by atoms with Crippen LogP contribution in [0.1, 0.15) is 22.8 Å². The van der Waals surface area contributed by atoms with E-state index in [4.69, 9.17) is 9.47 Å². The van der Waals surface area contributed by atoms with Gasteiger partial charge in [0.25, 0.3) is 11.6 Å². The van der Waals surface area contributed by atoms with E-state index in [0.29, 0.717) is 0 Å². The Bertz CT molecular complexity index is 1110. The summed E-state index contributed by atoms with van der Waals surface area (Å²) in [5.41, 5.74) is 0.422. The van der Waals surface area contributed by atoms with Gasteiger partial charge in [0.1, 0.15) is 5.56 Å². The zero-order valence-electron chi connectivity index (χ0n) is 18.1. The number of amides is 1. The fourth-order valence-corrected chi connectivity index (χ4v) is 4.88. The smallest absolute Gasteiger partial charge is 0.286 e. The lowest BCUT2D eigenvalue weighted by atomic mass is 10.1. The maximum absolute atomic E-state index is 13.1. The molecule has 3 rings (SSSR count). The molecule has 1 aliphatic heterocycles. The van der Waals surface area contributed by atoms with E-state index < -0.39 is 26.5 Å². The van der Waals surface area contributed by atoms with Crippen molar-refractivity contribution in [2.75, 3.05) is 39.9 Å². The van der Waals surface area contributed by atoms with Crippen LogP contribution in [-0.4, -0.2) is 68.3 Å². The molecule has 1 fully saturated rings. The lowest BCUT2D eigenvalue weighted by Crippen LogP contribution is -2.50. The number of hydrogen-bond acceptors (Lipinski definition) is 7. The molecule has 1 amide bonds. The summed E-state index contributed by atoms with van der Waals surface area (Å²) in [6.45, 7) is 4.30. The summed E-state index contributed by atoms with van der Waals surface area (Å²) in [6.07, 6.45) is 0. The fraction of sp³-hybridized carbons (Fsp3) is 0.381. The Kier molecular flexibility index (Phi) is 6.99. The van der Waals surface area contributed by atoms with E-state index in [0.717, 1.165) is 11.6 Å². The first-order chi connectivity index (χ1) is 15.2. The Labute approximate surface area is 186 Å². The molecule has 10 nitrogen and oxygen atoms in total. The van der Waals surface area contributed by atoms with Gasteiger partial charge in [-0.25, -0.2) is 8.42 Å². The molecule has 0 aromatic heterocycles. The first-order valence-corrected chi connectivity index (χ1v) is 11.5. The molecule has 2 aromatic carbocycles. The number of carbonyl (C=O) groups excluding carboxylic acids is 1. The lowest BCUT2D eigenvalue weighted by Gasteiger charge is -2.34. The minimum Gasteiger partial charge on any atom is -0.493 e. The fourth-order valence-electron chi connectivity index (χ4n) is 3.46. The molecule has 0 unspecified atom stereocenters. The number of rotatable bonds is 7. The molecule has 0 saturated carbocycles.